The number of hydrogen-bond acceptors (Lipinski definition) is 3. The predicted molar refractivity (Wildman–Crippen MR) is 105 cm³/mol. The largest absolute Gasteiger partial charge is 0.371 e. The van der Waals surface area contributed by atoms with E-state index in [0.717, 1.165) is 67.3 Å². The predicted octanol–water partition coefficient (Wildman–Crippen LogP) is 3.20. The van der Waals surface area contributed by atoms with Crippen molar-refractivity contribution in [2.75, 3.05) is 37.3 Å². The first kappa shape index (κ1) is 17.8. The van der Waals surface area contributed by atoms with Crippen molar-refractivity contribution >= 4 is 39.1 Å². The standard InChI is InChI=1S/C18H26ClN3OS/c1-14-10-15(19)11-17(16(14)12-20)21-7-4-18(5-8-21)6-9-22(13-18)24(2,3)23/h10-12,20H,2,4-9,13H2,1,3H3. The minimum atomic E-state index is -2.09. The van der Waals surface area contributed by atoms with E-state index >= 15 is 0 Å². The van der Waals surface area contributed by atoms with Crippen LogP contribution in [-0.4, -0.2) is 53.0 Å². The summed E-state index contributed by atoms with van der Waals surface area (Å²) in [6.07, 6.45) is 6.45. The van der Waals surface area contributed by atoms with Crippen LogP contribution in [0.4, 0.5) is 5.69 Å². The molecule has 0 aromatic heterocycles. The van der Waals surface area contributed by atoms with Crippen LogP contribution in [0.5, 0.6) is 0 Å². The van der Waals surface area contributed by atoms with E-state index in [0.29, 0.717) is 0 Å². The monoisotopic (exact) mass is 367 g/mol. The van der Waals surface area contributed by atoms with Gasteiger partial charge in [0.15, 0.2) is 0 Å². The van der Waals surface area contributed by atoms with E-state index < -0.39 is 9.71 Å². The third-order valence-electron chi connectivity index (χ3n) is 5.59. The molecule has 4 nitrogen and oxygen atoms in total. The second kappa shape index (κ2) is 6.36. The van der Waals surface area contributed by atoms with Gasteiger partial charge >= 0.3 is 0 Å². The summed E-state index contributed by atoms with van der Waals surface area (Å²) in [4.78, 5) is 2.35. The molecule has 1 atom stereocenters. The minimum Gasteiger partial charge on any atom is -0.371 e. The van der Waals surface area contributed by atoms with Gasteiger partial charge in [0.05, 0.1) is 0 Å². The molecule has 0 radical (unpaired) electrons. The lowest BCUT2D eigenvalue weighted by Crippen LogP contribution is -2.42. The molecule has 0 amide bonds. The first-order valence-electron chi connectivity index (χ1n) is 8.37. The second-order valence-electron chi connectivity index (χ2n) is 7.36. The highest BCUT2D eigenvalue weighted by Crippen LogP contribution is 2.42. The van der Waals surface area contributed by atoms with Crippen LogP contribution in [0, 0.1) is 17.7 Å². The summed E-state index contributed by atoms with van der Waals surface area (Å²) in [5.74, 6) is 3.84. The van der Waals surface area contributed by atoms with E-state index in [1.54, 1.807) is 6.26 Å². The zero-order valence-corrected chi connectivity index (χ0v) is 16.1. The molecule has 0 saturated carbocycles. The Kier molecular flexibility index (Phi) is 4.71. The van der Waals surface area contributed by atoms with Crippen molar-refractivity contribution in [3.8, 4) is 0 Å². The van der Waals surface area contributed by atoms with Crippen molar-refractivity contribution in [3.63, 3.8) is 0 Å². The molecule has 1 aromatic rings. The Balaban J connectivity index is 1.76. The van der Waals surface area contributed by atoms with E-state index in [9.17, 15) is 4.21 Å². The van der Waals surface area contributed by atoms with Gasteiger partial charge < -0.3 is 10.3 Å². The van der Waals surface area contributed by atoms with Crippen molar-refractivity contribution in [2.45, 2.75) is 26.2 Å². The molecular formula is C18H26ClN3OS. The highest BCUT2D eigenvalue weighted by atomic mass is 35.5. The summed E-state index contributed by atoms with van der Waals surface area (Å²) in [6, 6.07) is 3.89. The number of benzene rings is 1. The molecule has 6 heteroatoms. The van der Waals surface area contributed by atoms with Gasteiger partial charge in [-0.15, -0.1) is 0 Å². The van der Waals surface area contributed by atoms with Gasteiger partial charge in [-0.05, 0) is 55.2 Å². The molecule has 1 spiro atoms. The Bertz CT molecular complexity index is 752. The number of halogens is 1. The first-order chi connectivity index (χ1) is 11.2. The van der Waals surface area contributed by atoms with Gasteiger partial charge in [0, 0.05) is 64.6 Å². The minimum absolute atomic E-state index is 0.269. The van der Waals surface area contributed by atoms with Crippen molar-refractivity contribution in [1.29, 1.82) is 5.41 Å². The molecule has 0 bridgehead atoms. The summed E-state index contributed by atoms with van der Waals surface area (Å²) in [7, 11) is -2.09. The molecule has 1 unspecified atom stereocenters. The molecule has 2 fully saturated rings. The summed E-state index contributed by atoms with van der Waals surface area (Å²) in [5.41, 5.74) is 3.34. The van der Waals surface area contributed by atoms with Gasteiger partial charge in [0.25, 0.3) is 0 Å². The Labute approximate surface area is 150 Å². The van der Waals surface area contributed by atoms with E-state index in [4.69, 9.17) is 17.0 Å². The van der Waals surface area contributed by atoms with Gasteiger partial charge in [0.1, 0.15) is 0 Å². The molecule has 2 aliphatic heterocycles. The lowest BCUT2D eigenvalue weighted by atomic mass is 9.77. The Morgan fingerprint density at radius 1 is 1.29 bits per heavy atom. The Morgan fingerprint density at radius 3 is 2.46 bits per heavy atom. The Morgan fingerprint density at radius 2 is 1.92 bits per heavy atom. The molecule has 0 aliphatic carbocycles. The molecular weight excluding hydrogens is 342 g/mol. The number of nitrogens with zero attached hydrogens (tertiary/aromatic N) is 2. The van der Waals surface area contributed by atoms with Gasteiger partial charge in [0.2, 0.25) is 0 Å². The zero-order valence-electron chi connectivity index (χ0n) is 14.5. The number of rotatable bonds is 3. The average molecular weight is 368 g/mol. The summed E-state index contributed by atoms with van der Waals surface area (Å²) in [6.45, 7) is 5.70. The van der Waals surface area contributed by atoms with Crippen molar-refractivity contribution < 1.29 is 4.21 Å². The highest BCUT2D eigenvalue weighted by molar-refractivity contribution is 7.97. The van der Waals surface area contributed by atoms with Crippen molar-refractivity contribution in [2.24, 2.45) is 5.41 Å². The van der Waals surface area contributed by atoms with E-state index in [2.05, 4.69) is 15.1 Å². The zero-order chi connectivity index (χ0) is 17.5. The lowest BCUT2D eigenvalue weighted by Gasteiger charge is -2.41. The van der Waals surface area contributed by atoms with Crippen LogP contribution in [-0.2, 0) is 9.71 Å². The van der Waals surface area contributed by atoms with Crippen molar-refractivity contribution in [3.05, 3.63) is 28.3 Å². The molecule has 24 heavy (non-hydrogen) atoms. The van der Waals surface area contributed by atoms with Crippen LogP contribution in [0.3, 0.4) is 0 Å². The second-order valence-corrected chi connectivity index (χ2v) is 10.2. The van der Waals surface area contributed by atoms with E-state index in [1.807, 2.05) is 19.1 Å². The van der Waals surface area contributed by atoms with Crippen LogP contribution in [0.15, 0.2) is 12.1 Å². The normalized spacial score (nSPS) is 23.4. The number of nitrogens with one attached hydrogen (secondary N) is 1. The summed E-state index contributed by atoms with van der Waals surface area (Å²) < 4.78 is 14.3. The van der Waals surface area contributed by atoms with E-state index in [1.165, 1.54) is 6.21 Å². The third-order valence-corrected chi connectivity index (χ3v) is 7.21. The molecule has 2 heterocycles. The Hall–Kier alpha value is -1.04. The molecule has 132 valence electrons. The van der Waals surface area contributed by atoms with E-state index in [-0.39, 0.29) is 5.41 Å². The lowest BCUT2D eigenvalue weighted by molar-refractivity contribution is 0.236. The molecule has 1 N–H and O–H groups in total. The van der Waals surface area contributed by atoms with Gasteiger partial charge in [-0.1, -0.05) is 11.6 Å². The molecule has 2 aliphatic rings. The topological polar surface area (TPSA) is 47.4 Å². The fourth-order valence-electron chi connectivity index (χ4n) is 4.04. The van der Waals surface area contributed by atoms with Gasteiger partial charge in [-0.25, -0.2) is 4.31 Å². The number of aryl methyl sites for hydroxylation is 1. The van der Waals surface area contributed by atoms with Crippen molar-refractivity contribution in [1.82, 2.24) is 4.31 Å². The maximum absolute atomic E-state index is 12.2. The summed E-state index contributed by atoms with van der Waals surface area (Å²) >= 11 is 6.24. The fourth-order valence-corrected chi connectivity index (χ4v) is 5.33. The fraction of sp³-hybridized carbons (Fsp3) is 0.556. The number of hydrogen-bond donors (Lipinski definition) is 1. The smallest absolute Gasteiger partial charge is 0.0472 e. The molecule has 1 aromatic carbocycles. The van der Waals surface area contributed by atoms with Gasteiger partial charge in [-0.2, -0.15) is 0 Å². The third kappa shape index (κ3) is 3.35. The SMILES string of the molecule is C=S(C)(=O)N1CCC2(CCN(c3cc(Cl)cc(C)c3C=N)CC2)C1. The summed E-state index contributed by atoms with van der Waals surface area (Å²) in [5, 5.41) is 8.45. The van der Waals surface area contributed by atoms with Crippen LogP contribution in [0.1, 0.15) is 30.4 Å². The van der Waals surface area contributed by atoms with Crippen LogP contribution in [0.25, 0.3) is 0 Å². The maximum atomic E-state index is 12.2. The first-order valence-corrected chi connectivity index (χ1v) is 10.8. The average Bonchev–Trinajstić information content (AvgIpc) is 2.91. The molecule has 2 saturated heterocycles. The van der Waals surface area contributed by atoms with Crippen LogP contribution < -0.4 is 4.90 Å². The number of anilines is 1. The maximum Gasteiger partial charge on any atom is 0.0472 e. The highest BCUT2D eigenvalue weighted by Gasteiger charge is 2.42. The number of piperidine rings is 1. The van der Waals surface area contributed by atoms with Crippen LogP contribution >= 0.6 is 11.6 Å². The van der Waals surface area contributed by atoms with Gasteiger partial charge in [-0.3, -0.25) is 4.21 Å². The van der Waals surface area contributed by atoms with Crippen LogP contribution in [0.2, 0.25) is 5.02 Å². The quantitative estimate of drug-likeness (QED) is 0.658. The molecule has 3 rings (SSSR count).